The molecule has 340 valence electrons. The maximum Gasteiger partial charge on any atom is 0.317 e. The van der Waals surface area contributed by atoms with E-state index in [1.807, 2.05) is 33.9 Å². The van der Waals surface area contributed by atoms with E-state index in [1.54, 1.807) is 21.9 Å². The fraction of sp³-hybridized carbons (Fsp3) is 0.625. The number of amides is 3. The number of piperazine rings is 1. The molecule has 62 heavy (non-hydrogen) atoms. The van der Waals surface area contributed by atoms with E-state index in [-0.39, 0.29) is 37.8 Å². The largest absolute Gasteiger partial charge is 0.480 e. The van der Waals surface area contributed by atoms with E-state index in [9.17, 15) is 53.5 Å². The summed E-state index contributed by atoms with van der Waals surface area (Å²) >= 11 is 0. The Hall–Kier alpha value is -5.15. The molecule has 22 heteroatoms. The molecule has 0 aliphatic carbocycles. The summed E-state index contributed by atoms with van der Waals surface area (Å²) in [5.41, 5.74) is 1.66. The molecule has 20 nitrogen and oxygen atoms in total. The number of carbonyl (C=O) groups excluding carboxylic acids is 3. The van der Waals surface area contributed by atoms with Gasteiger partial charge in [-0.05, 0) is 37.2 Å². The molecule has 4 heterocycles. The number of halogens is 2. The lowest BCUT2D eigenvalue weighted by Gasteiger charge is -2.37. The molecule has 1 aromatic heterocycles. The zero-order chi connectivity index (χ0) is 44.8. The summed E-state index contributed by atoms with van der Waals surface area (Å²) in [5.74, 6) is -6.52. The van der Waals surface area contributed by atoms with E-state index in [2.05, 4.69) is 25.0 Å². The fourth-order valence-electron chi connectivity index (χ4n) is 7.94. The van der Waals surface area contributed by atoms with E-state index < -0.39 is 55.2 Å². The Balaban J connectivity index is 1.09. The summed E-state index contributed by atoms with van der Waals surface area (Å²) in [6.07, 6.45) is 1.55. The lowest BCUT2D eigenvalue weighted by Crippen LogP contribution is -2.53. The molecule has 3 aliphatic rings. The van der Waals surface area contributed by atoms with Crippen molar-refractivity contribution in [1.82, 2.24) is 44.6 Å². The average molecular weight is 874 g/mol. The number of rotatable bonds is 16. The minimum Gasteiger partial charge on any atom is -0.480 e. The molecule has 0 saturated carbocycles. The number of hydrogen-bond donors (Lipinski definition) is 4. The molecule has 5 rings (SSSR count). The van der Waals surface area contributed by atoms with Gasteiger partial charge in [0.25, 0.3) is 11.8 Å². The topological polar surface area (TPSA) is 230 Å². The van der Waals surface area contributed by atoms with Crippen molar-refractivity contribution in [3.8, 4) is 6.07 Å². The standard InChI is InChI=1S/C40H57F2N11O9/c1-46(30-3-4-34-33(21-30)32(5-6-44-34)39(60)45-24-35(54)53-28-40(41,42)22-31(53)23-43)7-2-8-47-17-19-52(20-18-47)36(55)25-48-9-10-49(26-37(56)57)11-12-50(27-38(58)59)14-16-51(15-13-48)29-62-61/h3-6,21,31,61H,2,7-20,22,24-29H2,1H3,(H,45,60)(H,56,57)(H,58,59). The molecule has 1 unspecified atom stereocenters. The number of aliphatic carboxylic acids is 2. The minimum atomic E-state index is -3.16. The normalized spacial score (nSPS) is 20.3. The number of aromatic nitrogens is 1. The van der Waals surface area contributed by atoms with Crippen molar-refractivity contribution in [2.45, 2.75) is 24.8 Å². The second-order valence-corrected chi connectivity index (χ2v) is 16.0. The summed E-state index contributed by atoms with van der Waals surface area (Å²) in [6, 6.07) is 7.53. The van der Waals surface area contributed by atoms with Crippen LogP contribution < -0.4 is 10.2 Å². The van der Waals surface area contributed by atoms with Crippen LogP contribution >= 0.6 is 0 Å². The van der Waals surface area contributed by atoms with Crippen LogP contribution in [-0.4, -0.2) is 235 Å². The van der Waals surface area contributed by atoms with Crippen molar-refractivity contribution in [3.05, 3.63) is 36.0 Å². The molecule has 1 atom stereocenters. The number of nitriles is 1. The van der Waals surface area contributed by atoms with Gasteiger partial charge in [0.15, 0.2) is 0 Å². The van der Waals surface area contributed by atoms with E-state index >= 15 is 0 Å². The quantitative estimate of drug-likeness (QED) is 0.124. The van der Waals surface area contributed by atoms with Crippen molar-refractivity contribution >= 4 is 46.3 Å². The number of carboxylic acid groups (broad SMARTS) is 2. The van der Waals surface area contributed by atoms with Crippen molar-refractivity contribution in [2.24, 2.45) is 0 Å². The van der Waals surface area contributed by atoms with Crippen LogP contribution in [0.4, 0.5) is 14.5 Å². The maximum absolute atomic E-state index is 13.9. The van der Waals surface area contributed by atoms with E-state index in [4.69, 9.17) is 0 Å². The van der Waals surface area contributed by atoms with Crippen LogP contribution in [0.1, 0.15) is 23.2 Å². The Morgan fingerprint density at radius 2 is 1.44 bits per heavy atom. The van der Waals surface area contributed by atoms with Gasteiger partial charge in [-0.15, -0.1) is 0 Å². The Morgan fingerprint density at radius 1 is 0.855 bits per heavy atom. The second kappa shape index (κ2) is 22.8. The van der Waals surface area contributed by atoms with Crippen LogP contribution in [-0.2, 0) is 24.1 Å². The summed E-state index contributed by atoms with van der Waals surface area (Å²) in [6.45, 7) is 5.29. The average Bonchev–Trinajstić information content (AvgIpc) is 3.57. The number of hydrogen-bond acceptors (Lipinski definition) is 15. The third-order valence-corrected chi connectivity index (χ3v) is 11.5. The van der Waals surface area contributed by atoms with E-state index in [1.165, 1.54) is 12.3 Å². The van der Waals surface area contributed by atoms with Crippen LogP contribution in [0.2, 0.25) is 0 Å². The van der Waals surface area contributed by atoms with Gasteiger partial charge in [-0.25, -0.2) is 13.7 Å². The Bertz CT molecular complexity index is 1920. The van der Waals surface area contributed by atoms with Crippen molar-refractivity contribution < 1.29 is 53.1 Å². The van der Waals surface area contributed by atoms with Gasteiger partial charge in [0.2, 0.25) is 11.8 Å². The number of nitrogens with one attached hydrogen (secondary N) is 1. The monoisotopic (exact) mass is 873 g/mol. The molecule has 1 aromatic carbocycles. The summed E-state index contributed by atoms with van der Waals surface area (Å²) in [5, 5.41) is 40.3. The summed E-state index contributed by atoms with van der Waals surface area (Å²) in [4.78, 5) is 85.6. The smallest absolute Gasteiger partial charge is 0.317 e. The van der Waals surface area contributed by atoms with E-state index in [0.717, 1.165) is 23.6 Å². The zero-order valence-electron chi connectivity index (χ0n) is 35.0. The van der Waals surface area contributed by atoms with Crippen molar-refractivity contribution in [1.29, 1.82) is 5.26 Å². The summed E-state index contributed by atoms with van der Waals surface area (Å²) < 4.78 is 27.7. The first-order valence-corrected chi connectivity index (χ1v) is 20.7. The first-order valence-electron chi connectivity index (χ1n) is 20.7. The van der Waals surface area contributed by atoms with Gasteiger partial charge in [-0.3, -0.25) is 58.7 Å². The SMILES string of the molecule is CN(CCCN1CCN(C(=O)CN2CCN(COO)CCN(CC(=O)O)CCN(CC(=O)O)CC2)CC1)c1ccc2nccc(C(=O)NCC(=O)N3CC(F)(F)CC3C#N)c2c1. The minimum absolute atomic E-state index is 0.0341. The highest BCUT2D eigenvalue weighted by Crippen LogP contribution is 2.31. The number of fused-ring (bicyclic) bond motifs is 1. The predicted octanol–water partition coefficient (Wildman–Crippen LogP) is -0.467. The Morgan fingerprint density at radius 3 is 2.02 bits per heavy atom. The molecule has 4 N–H and O–H groups in total. The first kappa shape index (κ1) is 47.9. The third kappa shape index (κ3) is 14.2. The molecule has 3 saturated heterocycles. The molecular formula is C40H57F2N11O9. The fourth-order valence-corrected chi connectivity index (χ4v) is 7.94. The predicted molar refractivity (Wildman–Crippen MR) is 220 cm³/mol. The lowest BCUT2D eigenvalue weighted by molar-refractivity contribution is -0.269. The number of benzene rings is 1. The number of likely N-dealkylation sites (tertiary alicyclic amines) is 1. The van der Waals surface area contributed by atoms with Gasteiger partial charge in [0, 0.05) is 116 Å². The highest BCUT2D eigenvalue weighted by Gasteiger charge is 2.47. The molecule has 0 radical (unpaired) electrons. The number of anilines is 1. The second-order valence-electron chi connectivity index (χ2n) is 16.0. The third-order valence-electron chi connectivity index (χ3n) is 11.5. The number of pyridine rings is 1. The van der Waals surface area contributed by atoms with Crippen LogP contribution in [0.25, 0.3) is 10.9 Å². The molecular weight excluding hydrogens is 817 g/mol. The van der Waals surface area contributed by atoms with Crippen LogP contribution in [0.3, 0.4) is 0 Å². The van der Waals surface area contributed by atoms with Gasteiger partial charge in [0.1, 0.15) is 12.8 Å². The van der Waals surface area contributed by atoms with Crippen LogP contribution in [0, 0.1) is 11.3 Å². The number of nitrogens with zero attached hydrogens (tertiary/aromatic N) is 10. The van der Waals surface area contributed by atoms with Gasteiger partial charge < -0.3 is 30.2 Å². The molecule has 0 bridgehead atoms. The van der Waals surface area contributed by atoms with Gasteiger partial charge in [-0.2, -0.15) is 5.26 Å². The van der Waals surface area contributed by atoms with Crippen LogP contribution in [0.5, 0.6) is 0 Å². The van der Waals surface area contributed by atoms with Gasteiger partial charge >= 0.3 is 11.9 Å². The van der Waals surface area contributed by atoms with Crippen molar-refractivity contribution in [2.75, 3.05) is 143 Å². The zero-order valence-corrected chi connectivity index (χ0v) is 35.0. The Kier molecular flexibility index (Phi) is 17.6. The highest BCUT2D eigenvalue weighted by atomic mass is 19.3. The number of alkyl halides is 2. The first-order chi connectivity index (χ1) is 29.6. The number of carboxylic acids is 2. The lowest BCUT2D eigenvalue weighted by atomic mass is 10.1. The molecule has 3 fully saturated rings. The maximum atomic E-state index is 13.9. The van der Waals surface area contributed by atoms with E-state index in [0.29, 0.717) is 96.0 Å². The molecule has 3 amide bonds. The molecule has 0 spiro atoms. The number of carbonyl (C=O) groups is 5. The molecule has 3 aliphatic heterocycles. The summed E-state index contributed by atoms with van der Waals surface area (Å²) in [7, 11) is 1.94. The van der Waals surface area contributed by atoms with Crippen LogP contribution in [0.15, 0.2) is 30.5 Å². The van der Waals surface area contributed by atoms with Crippen molar-refractivity contribution in [3.63, 3.8) is 0 Å². The highest BCUT2D eigenvalue weighted by molar-refractivity contribution is 6.07. The van der Waals surface area contributed by atoms with Gasteiger partial charge in [-0.1, -0.05) is 0 Å². The Labute approximate surface area is 358 Å². The molecule has 2 aromatic rings. The van der Waals surface area contributed by atoms with Gasteiger partial charge in [0.05, 0.1) is 49.9 Å².